The van der Waals surface area contributed by atoms with E-state index in [2.05, 4.69) is 56.6 Å². The number of aromatic amines is 1. The number of H-pyrrole nitrogens is 1. The Labute approximate surface area is 623 Å². The van der Waals surface area contributed by atoms with E-state index in [1.807, 2.05) is 197 Å². The molecule has 0 bridgehead atoms. The van der Waals surface area contributed by atoms with E-state index in [9.17, 15) is 38.4 Å². The van der Waals surface area contributed by atoms with Crippen LogP contribution in [-0.4, -0.2) is 77.2 Å². The van der Waals surface area contributed by atoms with Crippen LogP contribution in [0.3, 0.4) is 0 Å². The van der Waals surface area contributed by atoms with Gasteiger partial charge in [-0.2, -0.15) is 20.4 Å². The fourth-order valence-corrected chi connectivity index (χ4v) is 12.8. The number of Topliss-reactive ketones (excluding diaryl/α,β-unsaturated/α-hetero) is 4. The Bertz CT molecular complexity index is 5840. The summed E-state index contributed by atoms with van der Waals surface area (Å²) in [5.41, 5.74) is 9.39. The third-order valence-electron chi connectivity index (χ3n) is 16.9. The third-order valence-corrected chi connectivity index (χ3v) is 18.0. The minimum Gasteiger partial charge on any atom is -0.361 e. The van der Waals surface area contributed by atoms with Crippen molar-refractivity contribution in [2.75, 3.05) is 21.3 Å². The SMILES string of the molecule is CCn1nc(-c2ccccc2)c(C(C)=O)c(Nc2cccc3[nH]ccc23)c1=O.CCn1nc(-c2ccccc2)c(C(C)=O)c(Nc2cccc3cccnc23)c1=O.CCn1nc(-c2ccccc2)c(C(C)=O)c(Nc2cccnc2)c1=O.CCn1nc(-c2cccs2)c(C(C)=O)c(Nc2cccc(Cl)c2)c1=O. The number of hydrogen-bond donors (Lipinski definition) is 5. The lowest BCUT2D eigenvalue weighted by atomic mass is 10.0. The molecule has 14 rings (SSSR count). The highest BCUT2D eigenvalue weighted by atomic mass is 35.5. The maximum absolute atomic E-state index is 13.1. The molecule has 25 heteroatoms. The quantitative estimate of drug-likeness (QED) is 0.0443. The number of hydrogen-bond acceptors (Lipinski definition) is 19. The largest absolute Gasteiger partial charge is 0.361 e. The van der Waals surface area contributed by atoms with Gasteiger partial charge in [0.2, 0.25) is 0 Å². The number of thiophene rings is 1. The summed E-state index contributed by atoms with van der Waals surface area (Å²) in [4.78, 5) is 114. The molecule has 0 saturated carbocycles. The molecule has 14 aromatic rings. The molecule has 0 amide bonds. The molecule has 0 radical (unpaired) electrons. The average Bonchev–Trinajstić information content (AvgIpc) is 1.42. The number of carbonyl (C=O) groups excluding carboxylic acids is 4. The second kappa shape index (κ2) is 34.4. The third kappa shape index (κ3) is 16.9. The van der Waals surface area contributed by atoms with Gasteiger partial charge in [-0.25, -0.2) is 18.7 Å². The Morgan fingerprint density at radius 3 is 1.31 bits per heavy atom. The van der Waals surface area contributed by atoms with E-state index in [-0.39, 0.29) is 84.8 Å². The summed E-state index contributed by atoms with van der Waals surface area (Å²) in [5, 5.41) is 34.6. The number of fused-ring (bicyclic) bond motifs is 2. The number of carbonyl (C=O) groups is 4. The topological polar surface area (TPSA) is 298 Å². The number of rotatable bonds is 20. The lowest BCUT2D eigenvalue weighted by Gasteiger charge is -2.16. The van der Waals surface area contributed by atoms with Gasteiger partial charge in [-0.1, -0.05) is 139 Å². The molecule has 0 aliphatic carbocycles. The lowest BCUT2D eigenvalue weighted by Crippen LogP contribution is -2.28. The van der Waals surface area contributed by atoms with E-state index in [1.54, 1.807) is 55.0 Å². The van der Waals surface area contributed by atoms with Crippen LogP contribution < -0.4 is 43.5 Å². The average molecular weight is 1470 g/mol. The Morgan fingerprint density at radius 1 is 0.430 bits per heavy atom. The van der Waals surface area contributed by atoms with Crippen molar-refractivity contribution < 1.29 is 19.2 Å². The van der Waals surface area contributed by atoms with E-state index in [4.69, 9.17) is 11.6 Å². The van der Waals surface area contributed by atoms with Gasteiger partial charge < -0.3 is 26.3 Å². The van der Waals surface area contributed by atoms with E-state index in [0.717, 1.165) is 49.1 Å². The maximum Gasteiger partial charge on any atom is 0.291 e. The second-order valence-corrected chi connectivity index (χ2v) is 25.4. The van der Waals surface area contributed by atoms with Crippen LogP contribution >= 0.6 is 22.9 Å². The summed E-state index contributed by atoms with van der Waals surface area (Å²) in [5.74, 6) is -0.887. The first-order valence-electron chi connectivity index (χ1n) is 34.3. The van der Waals surface area contributed by atoms with Crippen LogP contribution in [0.25, 0.3) is 66.1 Å². The number of pyridine rings is 2. The highest BCUT2D eigenvalue weighted by Crippen LogP contribution is 2.35. The molecule has 538 valence electrons. The Balaban J connectivity index is 0.000000142. The zero-order valence-electron chi connectivity index (χ0n) is 59.7. The van der Waals surface area contributed by atoms with Crippen molar-refractivity contribution in [3.63, 3.8) is 0 Å². The number of benzene rings is 6. The first kappa shape index (κ1) is 75.0. The predicted molar refractivity (Wildman–Crippen MR) is 425 cm³/mol. The zero-order valence-corrected chi connectivity index (χ0v) is 61.3. The summed E-state index contributed by atoms with van der Waals surface area (Å²) in [6.07, 6.45) is 6.78. The van der Waals surface area contributed by atoms with Crippen molar-refractivity contribution >= 4 is 113 Å². The van der Waals surface area contributed by atoms with Gasteiger partial charge in [-0.15, -0.1) is 11.3 Å². The number of aryl methyl sites for hydroxylation is 4. The van der Waals surface area contributed by atoms with Crippen molar-refractivity contribution in [1.29, 1.82) is 0 Å². The van der Waals surface area contributed by atoms with Crippen LogP contribution in [0.5, 0.6) is 0 Å². The van der Waals surface area contributed by atoms with Crippen LogP contribution in [0.4, 0.5) is 45.5 Å². The summed E-state index contributed by atoms with van der Waals surface area (Å²) >= 11 is 7.49. The van der Waals surface area contributed by atoms with E-state index < -0.39 is 0 Å². The Kier molecular flexibility index (Phi) is 24.1. The number of nitrogens with zero attached hydrogens (tertiary/aromatic N) is 10. The van der Waals surface area contributed by atoms with Crippen LogP contribution in [0, 0.1) is 0 Å². The normalized spacial score (nSPS) is 10.7. The summed E-state index contributed by atoms with van der Waals surface area (Å²) < 4.78 is 5.46. The predicted octanol–water partition coefficient (Wildman–Crippen LogP) is 16.6. The maximum atomic E-state index is 13.1. The summed E-state index contributed by atoms with van der Waals surface area (Å²) in [6, 6.07) is 59.7. The Hall–Kier alpha value is -13.2. The lowest BCUT2D eigenvalue weighted by molar-refractivity contribution is 0.101. The van der Waals surface area contributed by atoms with Gasteiger partial charge in [0, 0.05) is 94.1 Å². The van der Waals surface area contributed by atoms with Gasteiger partial charge in [0.1, 0.15) is 45.5 Å². The molecule has 5 N–H and O–H groups in total. The Morgan fingerprint density at radius 2 is 0.850 bits per heavy atom. The fourth-order valence-electron chi connectivity index (χ4n) is 11.9. The van der Waals surface area contributed by atoms with Crippen LogP contribution in [-0.2, 0) is 26.2 Å². The molecule has 0 spiro atoms. The molecule has 0 aliphatic heterocycles. The number of para-hydroxylation sites is 1. The monoisotopic (exact) mass is 1460 g/mol. The van der Waals surface area contributed by atoms with E-state index in [0.29, 0.717) is 76.6 Å². The highest BCUT2D eigenvalue weighted by Gasteiger charge is 2.27. The van der Waals surface area contributed by atoms with Crippen LogP contribution in [0.15, 0.2) is 243 Å². The van der Waals surface area contributed by atoms with E-state index in [1.165, 1.54) is 57.8 Å². The molecule has 0 aliphatic rings. The van der Waals surface area contributed by atoms with Gasteiger partial charge in [0.05, 0.1) is 50.2 Å². The standard InChI is InChI=1S/C23H20N4O2.C22H20N4O2.C19H18N4O2.C18H16ClN3O2S/c1-3-27-23(29)22(25-18-13-7-11-16-12-8-14-24-20(16)18)19(15(2)28)21(26-27)17-9-5-4-6-10-17;1-3-26-22(28)21(24-18-11-7-10-17-16(18)12-13-23-17)19(14(2)27)20(25-26)15-8-5-4-6-9-15;1-3-23-19(25)18(21-15-10-7-11-20-12-15)16(13(2)24)17(22-23)14-8-5-4-6-9-14;1-3-22-18(24)17(20-13-7-4-6-12(19)10-13)15(11(2)23)16(21-22)14-8-5-9-25-14/h4-14,25H,3H2,1-2H3;4-13,23-24H,3H2,1-2H3;4-12,21H,3H2,1-2H3;4-10,20H,3H2,1-2H3. The molecule has 8 heterocycles. The van der Waals surface area contributed by atoms with Gasteiger partial charge in [0.15, 0.2) is 23.1 Å². The zero-order chi connectivity index (χ0) is 75.8. The first-order chi connectivity index (χ1) is 51.8. The minimum atomic E-state index is -0.342. The van der Waals surface area contributed by atoms with Crippen molar-refractivity contribution in [2.45, 2.75) is 81.6 Å². The highest BCUT2D eigenvalue weighted by molar-refractivity contribution is 7.13. The first-order valence-corrected chi connectivity index (χ1v) is 35.6. The molecule has 8 aromatic heterocycles. The number of anilines is 8. The molecule has 0 fully saturated rings. The smallest absolute Gasteiger partial charge is 0.291 e. The van der Waals surface area contributed by atoms with Gasteiger partial charge in [-0.05, 0) is 127 Å². The second-order valence-electron chi connectivity index (χ2n) is 24.1. The number of halogens is 1. The van der Waals surface area contributed by atoms with Crippen molar-refractivity contribution in [3.05, 3.63) is 293 Å². The molecule has 0 atom stereocenters. The van der Waals surface area contributed by atoms with Crippen LogP contribution in [0.2, 0.25) is 5.02 Å². The number of aromatic nitrogens is 11. The van der Waals surface area contributed by atoms with Gasteiger partial charge in [-0.3, -0.25) is 48.3 Å². The summed E-state index contributed by atoms with van der Waals surface area (Å²) in [6.45, 7) is 14.8. The number of ketones is 4. The molecular weight excluding hydrogens is 1390 g/mol. The minimum absolute atomic E-state index is 0.213. The molecular formula is C82H74ClN15O8S. The van der Waals surface area contributed by atoms with Gasteiger partial charge >= 0.3 is 0 Å². The number of nitrogens with one attached hydrogen (secondary N) is 5. The molecule has 107 heavy (non-hydrogen) atoms. The van der Waals surface area contributed by atoms with Crippen molar-refractivity contribution in [2.24, 2.45) is 0 Å². The van der Waals surface area contributed by atoms with Gasteiger partial charge in [0.25, 0.3) is 22.2 Å². The molecule has 0 saturated heterocycles. The molecule has 0 unspecified atom stereocenters. The van der Waals surface area contributed by atoms with Crippen molar-refractivity contribution in [3.8, 4) is 44.3 Å². The summed E-state index contributed by atoms with van der Waals surface area (Å²) in [7, 11) is 0. The molecule has 23 nitrogen and oxygen atoms in total. The molecule has 6 aromatic carbocycles. The van der Waals surface area contributed by atoms with E-state index >= 15 is 0 Å². The van der Waals surface area contributed by atoms with Crippen molar-refractivity contribution in [1.82, 2.24) is 54.1 Å². The van der Waals surface area contributed by atoms with Crippen LogP contribution in [0.1, 0.15) is 96.8 Å². The fraction of sp³-hybridized carbons (Fsp3) is 0.146.